The molecule has 1 fully saturated rings. The number of ether oxygens (including phenoxy) is 2. The highest BCUT2D eigenvalue weighted by molar-refractivity contribution is 6.06. The Morgan fingerprint density at radius 3 is 2.66 bits per heavy atom. The van der Waals surface area contributed by atoms with Gasteiger partial charge in [-0.25, -0.2) is 0 Å². The van der Waals surface area contributed by atoms with Gasteiger partial charge >= 0.3 is 0 Å². The number of oxime groups is 1. The van der Waals surface area contributed by atoms with Crippen molar-refractivity contribution in [3.63, 3.8) is 0 Å². The van der Waals surface area contributed by atoms with Crippen molar-refractivity contribution in [2.24, 2.45) is 11.1 Å². The van der Waals surface area contributed by atoms with Crippen LogP contribution in [0.3, 0.4) is 0 Å². The number of hydrogen-bond acceptors (Lipinski definition) is 6. The summed E-state index contributed by atoms with van der Waals surface area (Å²) in [5, 5.41) is 4.45. The Labute approximate surface area is 190 Å². The van der Waals surface area contributed by atoms with Gasteiger partial charge in [-0.3, -0.25) is 9.80 Å². The minimum Gasteiger partial charge on any atom is -0.497 e. The lowest BCUT2D eigenvalue weighted by Crippen LogP contribution is -2.50. The third-order valence-electron chi connectivity index (χ3n) is 6.56. The average Bonchev–Trinajstić information content (AvgIpc) is 3.23. The lowest BCUT2D eigenvalue weighted by Gasteiger charge is -2.36. The van der Waals surface area contributed by atoms with Crippen LogP contribution < -0.4 is 9.47 Å². The highest BCUT2D eigenvalue weighted by Crippen LogP contribution is 2.36. The molecule has 0 bridgehead atoms. The van der Waals surface area contributed by atoms with E-state index in [-0.39, 0.29) is 12.0 Å². The van der Waals surface area contributed by atoms with E-state index in [1.165, 1.54) is 11.1 Å². The molecule has 0 radical (unpaired) electrons. The fraction of sp³-hybridized carbons (Fsp3) is 0.423. The summed E-state index contributed by atoms with van der Waals surface area (Å²) in [5.74, 6) is 1.84. The molecule has 3 aliphatic rings. The van der Waals surface area contributed by atoms with Crippen molar-refractivity contribution in [3.05, 3.63) is 65.2 Å². The molecule has 3 heterocycles. The predicted molar refractivity (Wildman–Crippen MR) is 126 cm³/mol. The minimum absolute atomic E-state index is 0.0376. The van der Waals surface area contributed by atoms with Crippen molar-refractivity contribution in [3.8, 4) is 11.5 Å². The van der Waals surface area contributed by atoms with E-state index < -0.39 is 0 Å². The molecule has 0 aromatic heterocycles. The third kappa shape index (κ3) is 4.52. The Morgan fingerprint density at radius 1 is 1.09 bits per heavy atom. The zero-order valence-corrected chi connectivity index (χ0v) is 18.9. The van der Waals surface area contributed by atoms with Gasteiger partial charge in [-0.2, -0.15) is 0 Å². The number of piperazine rings is 1. The molecule has 0 aliphatic carbocycles. The normalized spacial score (nSPS) is 23.6. The molecular formula is C26H31N3O3. The number of nitrogens with zero attached hydrogens (tertiary/aromatic N) is 3. The molecule has 0 unspecified atom stereocenters. The Balaban J connectivity index is 1.14. The monoisotopic (exact) mass is 433 g/mol. The van der Waals surface area contributed by atoms with Gasteiger partial charge < -0.3 is 14.3 Å². The summed E-state index contributed by atoms with van der Waals surface area (Å²) in [6, 6.07) is 16.4. The smallest absolute Gasteiger partial charge is 0.151 e. The molecule has 3 aliphatic heterocycles. The Morgan fingerprint density at radius 2 is 1.88 bits per heavy atom. The van der Waals surface area contributed by atoms with Crippen molar-refractivity contribution in [2.75, 3.05) is 53.0 Å². The molecule has 5 rings (SSSR count). The van der Waals surface area contributed by atoms with Crippen molar-refractivity contribution < 1.29 is 14.3 Å². The molecule has 6 nitrogen and oxygen atoms in total. The number of hydrogen-bond donors (Lipinski definition) is 0. The van der Waals surface area contributed by atoms with Crippen LogP contribution in [0.2, 0.25) is 0 Å². The Bertz CT molecular complexity index is 997. The Kier molecular flexibility index (Phi) is 6.14. The summed E-state index contributed by atoms with van der Waals surface area (Å²) in [6.45, 7) is 8.98. The first kappa shape index (κ1) is 21.0. The van der Waals surface area contributed by atoms with Crippen LogP contribution in [0.25, 0.3) is 6.08 Å². The zero-order chi connectivity index (χ0) is 21.9. The maximum Gasteiger partial charge on any atom is 0.151 e. The SMILES string of the molecule is COc1ccc2c(c1)C1=NO[C@H](CN3CCN(C/C(C)=C/c4ccccc4)CC3)[C@H]1CO2. The lowest BCUT2D eigenvalue weighted by atomic mass is 9.90. The molecule has 2 aromatic rings. The number of benzene rings is 2. The summed E-state index contributed by atoms with van der Waals surface area (Å²) >= 11 is 0. The maximum absolute atomic E-state index is 6.02. The van der Waals surface area contributed by atoms with E-state index in [0.717, 1.165) is 62.0 Å². The Hall–Kier alpha value is -2.83. The summed E-state index contributed by atoms with van der Waals surface area (Å²) in [5.41, 5.74) is 4.66. The molecule has 0 saturated carbocycles. The quantitative estimate of drug-likeness (QED) is 0.698. The van der Waals surface area contributed by atoms with Crippen molar-refractivity contribution >= 4 is 11.8 Å². The van der Waals surface area contributed by atoms with E-state index in [0.29, 0.717) is 6.61 Å². The molecular weight excluding hydrogens is 402 g/mol. The third-order valence-corrected chi connectivity index (χ3v) is 6.56. The van der Waals surface area contributed by atoms with Gasteiger partial charge in [0.2, 0.25) is 0 Å². The van der Waals surface area contributed by atoms with E-state index >= 15 is 0 Å². The minimum atomic E-state index is 0.0376. The van der Waals surface area contributed by atoms with Gasteiger partial charge in [-0.1, -0.05) is 47.1 Å². The molecule has 1 saturated heterocycles. The number of methoxy groups -OCH3 is 1. The molecule has 0 amide bonds. The van der Waals surface area contributed by atoms with Crippen LogP contribution in [0.1, 0.15) is 18.1 Å². The van der Waals surface area contributed by atoms with E-state index in [9.17, 15) is 0 Å². The van der Waals surface area contributed by atoms with Gasteiger partial charge in [-0.05, 0) is 30.7 Å². The van der Waals surface area contributed by atoms with Crippen LogP contribution in [0.5, 0.6) is 11.5 Å². The van der Waals surface area contributed by atoms with E-state index in [2.05, 4.69) is 58.3 Å². The number of fused-ring (bicyclic) bond motifs is 3. The highest BCUT2D eigenvalue weighted by Gasteiger charge is 2.41. The summed E-state index contributed by atoms with van der Waals surface area (Å²) < 4.78 is 11.4. The summed E-state index contributed by atoms with van der Waals surface area (Å²) in [7, 11) is 1.68. The summed E-state index contributed by atoms with van der Waals surface area (Å²) in [4.78, 5) is 10.9. The first-order valence-corrected chi connectivity index (χ1v) is 11.4. The molecule has 2 aromatic carbocycles. The van der Waals surface area contributed by atoms with Gasteiger partial charge in [0, 0.05) is 44.8 Å². The molecule has 0 spiro atoms. The van der Waals surface area contributed by atoms with E-state index in [4.69, 9.17) is 14.3 Å². The van der Waals surface area contributed by atoms with E-state index in [1.54, 1.807) is 7.11 Å². The van der Waals surface area contributed by atoms with Crippen molar-refractivity contribution in [1.29, 1.82) is 0 Å². The largest absolute Gasteiger partial charge is 0.497 e. The second-order valence-electron chi connectivity index (χ2n) is 8.88. The van der Waals surface area contributed by atoms with Gasteiger partial charge in [0.05, 0.1) is 13.0 Å². The highest BCUT2D eigenvalue weighted by atomic mass is 16.6. The predicted octanol–water partition coefficient (Wildman–Crippen LogP) is 3.53. The first-order valence-electron chi connectivity index (χ1n) is 11.4. The van der Waals surface area contributed by atoms with Crippen LogP contribution in [0.4, 0.5) is 0 Å². The maximum atomic E-state index is 6.02. The molecule has 6 heteroatoms. The van der Waals surface area contributed by atoms with Crippen LogP contribution in [0, 0.1) is 5.92 Å². The van der Waals surface area contributed by atoms with Crippen molar-refractivity contribution in [1.82, 2.24) is 9.80 Å². The standard InChI is InChI=1S/C26H31N3O3/c1-19(14-20-6-4-3-5-7-20)16-28-10-12-29(13-11-28)17-25-23-18-31-24-9-8-21(30-2)15-22(24)26(23)27-32-25/h3-9,14-15,23,25H,10-13,16-18H2,1-2H3/b19-14+/t23-,25-/m1/s1. The number of rotatable bonds is 6. The first-order chi connectivity index (χ1) is 15.7. The van der Waals surface area contributed by atoms with Gasteiger partial charge in [0.15, 0.2) is 6.10 Å². The second-order valence-corrected chi connectivity index (χ2v) is 8.88. The fourth-order valence-corrected chi connectivity index (χ4v) is 4.80. The topological polar surface area (TPSA) is 46.5 Å². The lowest BCUT2D eigenvalue weighted by molar-refractivity contribution is 0.0101. The molecule has 2 atom stereocenters. The van der Waals surface area contributed by atoms with Crippen LogP contribution in [0.15, 0.2) is 59.3 Å². The zero-order valence-electron chi connectivity index (χ0n) is 18.9. The van der Waals surface area contributed by atoms with Gasteiger partial charge in [-0.15, -0.1) is 0 Å². The van der Waals surface area contributed by atoms with Gasteiger partial charge in [0.25, 0.3) is 0 Å². The van der Waals surface area contributed by atoms with Crippen LogP contribution in [-0.4, -0.2) is 74.6 Å². The second kappa shape index (κ2) is 9.35. The van der Waals surface area contributed by atoms with E-state index in [1.807, 2.05) is 18.2 Å². The average molecular weight is 434 g/mol. The molecule has 168 valence electrons. The van der Waals surface area contributed by atoms with Crippen molar-refractivity contribution in [2.45, 2.75) is 13.0 Å². The summed E-state index contributed by atoms with van der Waals surface area (Å²) in [6.07, 6.45) is 2.32. The fourth-order valence-electron chi connectivity index (χ4n) is 4.80. The molecule has 0 N–H and O–H groups in total. The van der Waals surface area contributed by atoms with Crippen LogP contribution in [-0.2, 0) is 4.84 Å². The van der Waals surface area contributed by atoms with Gasteiger partial charge in [0.1, 0.15) is 23.8 Å². The van der Waals surface area contributed by atoms with Crippen LogP contribution >= 0.6 is 0 Å². The molecule has 32 heavy (non-hydrogen) atoms.